The van der Waals surface area contributed by atoms with E-state index in [1.165, 1.54) is 38.9 Å². The number of amides is 2. The van der Waals surface area contributed by atoms with Gasteiger partial charge in [-0.05, 0) is 72.2 Å². The number of anilines is 1. The van der Waals surface area contributed by atoms with Crippen LogP contribution in [-0.4, -0.2) is 60.5 Å². The molecule has 8 nitrogen and oxygen atoms in total. The molecule has 2 amide bonds. The number of hydrogen-bond acceptors (Lipinski definition) is 6. The molecule has 0 unspecified atom stereocenters. The fraction of sp³-hybridized carbons (Fsp3) is 0.314. The van der Waals surface area contributed by atoms with E-state index < -0.39 is 10.0 Å². The maximum absolute atomic E-state index is 13.8. The average Bonchev–Trinajstić information content (AvgIpc) is 3.73. The second-order valence-electron chi connectivity index (χ2n) is 12.0. The summed E-state index contributed by atoms with van der Waals surface area (Å²) >= 11 is 1.48. The van der Waals surface area contributed by atoms with Crippen molar-refractivity contribution in [2.24, 2.45) is 0 Å². The number of carbonyl (C=O) groups excluding carboxylic acids is 2. The van der Waals surface area contributed by atoms with Gasteiger partial charge in [-0.15, -0.1) is 11.3 Å². The molecule has 232 valence electrons. The normalized spacial score (nSPS) is 17.1. The van der Waals surface area contributed by atoms with Crippen molar-refractivity contribution in [3.8, 4) is 0 Å². The van der Waals surface area contributed by atoms with Crippen LogP contribution in [0.1, 0.15) is 60.7 Å². The van der Waals surface area contributed by atoms with E-state index in [9.17, 15) is 18.0 Å². The molecule has 7 rings (SSSR count). The quantitative estimate of drug-likeness (QED) is 0.287. The summed E-state index contributed by atoms with van der Waals surface area (Å²) in [5.74, 6) is -0.373. The Kier molecular flexibility index (Phi) is 8.31. The Hall–Kier alpha value is -3.83. The highest BCUT2D eigenvalue weighted by Crippen LogP contribution is 2.39. The summed E-state index contributed by atoms with van der Waals surface area (Å²) in [5.41, 5.74) is 5.45. The van der Waals surface area contributed by atoms with E-state index in [-0.39, 0.29) is 16.7 Å². The minimum atomic E-state index is -3.71. The van der Waals surface area contributed by atoms with Gasteiger partial charge in [0, 0.05) is 56.3 Å². The van der Waals surface area contributed by atoms with E-state index in [0.29, 0.717) is 35.6 Å². The molecule has 45 heavy (non-hydrogen) atoms. The average molecular weight is 641 g/mol. The summed E-state index contributed by atoms with van der Waals surface area (Å²) in [4.78, 5) is 32.8. The Labute approximate surface area is 268 Å². The largest absolute Gasteiger partial charge is 0.339 e. The predicted octanol–water partition coefficient (Wildman–Crippen LogP) is 5.54. The van der Waals surface area contributed by atoms with Gasteiger partial charge in [0.15, 0.2) is 0 Å². The van der Waals surface area contributed by atoms with Crippen LogP contribution in [0, 0.1) is 0 Å². The van der Waals surface area contributed by atoms with E-state index in [0.717, 1.165) is 68.0 Å². The van der Waals surface area contributed by atoms with Crippen LogP contribution in [0.15, 0.2) is 83.8 Å². The molecule has 3 aliphatic heterocycles. The van der Waals surface area contributed by atoms with Gasteiger partial charge in [0.2, 0.25) is 10.0 Å². The first kappa shape index (κ1) is 29.9. The monoisotopic (exact) mass is 640 g/mol. The van der Waals surface area contributed by atoms with Crippen LogP contribution < -0.4 is 5.32 Å². The number of nitrogens with one attached hydrogen (secondary N) is 1. The maximum Gasteiger partial charge on any atom is 0.257 e. The van der Waals surface area contributed by atoms with Gasteiger partial charge in [0.05, 0.1) is 10.5 Å². The van der Waals surface area contributed by atoms with Crippen LogP contribution in [-0.2, 0) is 42.5 Å². The molecule has 4 heterocycles. The predicted molar refractivity (Wildman–Crippen MR) is 176 cm³/mol. The summed E-state index contributed by atoms with van der Waals surface area (Å²) in [7, 11) is -3.71. The van der Waals surface area contributed by atoms with Crippen LogP contribution in [0.2, 0.25) is 0 Å². The van der Waals surface area contributed by atoms with Gasteiger partial charge >= 0.3 is 0 Å². The Balaban J connectivity index is 1.10. The molecule has 1 saturated heterocycles. The van der Waals surface area contributed by atoms with E-state index in [1.807, 2.05) is 47.4 Å². The van der Waals surface area contributed by atoms with Gasteiger partial charge in [0.25, 0.3) is 11.8 Å². The third kappa shape index (κ3) is 6.07. The lowest BCUT2D eigenvalue weighted by molar-refractivity contribution is 0.0792. The number of fused-ring (bicyclic) bond motifs is 2. The van der Waals surface area contributed by atoms with E-state index in [4.69, 9.17) is 0 Å². The molecule has 0 aliphatic carbocycles. The van der Waals surface area contributed by atoms with Crippen molar-refractivity contribution in [2.45, 2.75) is 50.2 Å². The van der Waals surface area contributed by atoms with Crippen LogP contribution in [0.3, 0.4) is 0 Å². The molecule has 0 atom stereocenters. The number of rotatable bonds is 7. The second-order valence-corrected chi connectivity index (χ2v) is 15.0. The van der Waals surface area contributed by atoms with Crippen molar-refractivity contribution in [1.82, 2.24) is 14.1 Å². The molecule has 3 aliphatic rings. The molecule has 0 radical (unpaired) electrons. The number of sulfonamides is 1. The highest BCUT2D eigenvalue weighted by Gasteiger charge is 2.33. The lowest BCUT2D eigenvalue weighted by atomic mass is 10.0. The van der Waals surface area contributed by atoms with E-state index in [1.54, 1.807) is 12.1 Å². The number of likely N-dealkylation sites (tertiary alicyclic amines) is 1. The van der Waals surface area contributed by atoms with Crippen molar-refractivity contribution in [3.05, 3.63) is 117 Å². The van der Waals surface area contributed by atoms with Crippen molar-refractivity contribution >= 4 is 38.2 Å². The first-order chi connectivity index (χ1) is 21.9. The van der Waals surface area contributed by atoms with Crippen molar-refractivity contribution in [3.63, 3.8) is 0 Å². The molecular weight excluding hydrogens is 605 g/mol. The molecule has 1 fully saturated rings. The minimum absolute atomic E-state index is 0.0126. The summed E-state index contributed by atoms with van der Waals surface area (Å²) in [6.45, 7) is 4.60. The van der Waals surface area contributed by atoms with Crippen LogP contribution in [0.25, 0.3) is 0 Å². The zero-order valence-corrected chi connectivity index (χ0v) is 26.7. The van der Waals surface area contributed by atoms with Crippen LogP contribution >= 0.6 is 11.3 Å². The number of benzene rings is 3. The molecule has 0 saturated carbocycles. The molecule has 3 aromatic carbocycles. The highest BCUT2D eigenvalue weighted by molar-refractivity contribution is 7.89. The van der Waals surface area contributed by atoms with Crippen molar-refractivity contribution in [2.75, 3.05) is 31.5 Å². The van der Waals surface area contributed by atoms with Crippen LogP contribution in [0.5, 0.6) is 0 Å². The van der Waals surface area contributed by atoms with Gasteiger partial charge in [-0.3, -0.25) is 14.5 Å². The third-order valence-corrected chi connectivity index (χ3v) is 12.1. The summed E-state index contributed by atoms with van der Waals surface area (Å²) in [6.07, 6.45) is 3.40. The van der Waals surface area contributed by atoms with Gasteiger partial charge in [0.1, 0.15) is 5.00 Å². The number of thiophene rings is 1. The highest BCUT2D eigenvalue weighted by atomic mass is 32.2. The lowest BCUT2D eigenvalue weighted by Crippen LogP contribution is -2.35. The number of carbonyl (C=O) groups is 2. The van der Waals surface area contributed by atoms with E-state index >= 15 is 0 Å². The SMILES string of the molecule is O=C(Nc1sc2c(c1C(=O)N1CCCC1)CCN(Cc1ccccc1)C2)c1ccc(S(=O)(=O)N2CCc3ccccc3C2)cc1. The van der Waals surface area contributed by atoms with Crippen LogP contribution in [0.4, 0.5) is 5.00 Å². The molecule has 0 bridgehead atoms. The minimum Gasteiger partial charge on any atom is -0.339 e. The standard InChI is InChI=1S/C35H36N4O4S2/c40-33(27-12-14-29(15-13-27)45(42,43)39-21-16-26-10-4-5-11-28(26)23-39)36-34-32(35(41)38-18-6-7-19-38)30-17-20-37(24-31(30)44-34)22-25-8-2-1-3-9-25/h1-5,8-15H,6-7,16-24H2,(H,36,40). The zero-order chi connectivity index (χ0) is 31.0. The maximum atomic E-state index is 13.8. The third-order valence-electron chi connectivity index (χ3n) is 9.07. The smallest absolute Gasteiger partial charge is 0.257 e. The lowest BCUT2D eigenvalue weighted by Gasteiger charge is -2.28. The fourth-order valence-corrected chi connectivity index (χ4v) is 9.30. The van der Waals surface area contributed by atoms with Gasteiger partial charge in [-0.2, -0.15) is 4.31 Å². The molecule has 0 spiro atoms. The molecule has 4 aromatic rings. The first-order valence-electron chi connectivity index (χ1n) is 15.6. The van der Waals surface area contributed by atoms with Gasteiger partial charge < -0.3 is 10.2 Å². The fourth-order valence-electron chi connectivity index (χ4n) is 6.60. The summed E-state index contributed by atoms with van der Waals surface area (Å²) in [5, 5.41) is 3.62. The Morgan fingerprint density at radius 2 is 1.49 bits per heavy atom. The summed E-state index contributed by atoms with van der Waals surface area (Å²) < 4.78 is 28.4. The van der Waals surface area contributed by atoms with Gasteiger partial charge in [-0.25, -0.2) is 8.42 Å². The van der Waals surface area contributed by atoms with Crippen molar-refractivity contribution < 1.29 is 18.0 Å². The second kappa shape index (κ2) is 12.5. The Bertz CT molecular complexity index is 1830. The first-order valence-corrected chi connectivity index (χ1v) is 17.8. The van der Waals surface area contributed by atoms with E-state index in [2.05, 4.69) is 22.3 Å². The molecule has 10 heteroatoms. The topological polar surface area (TPSA) is 90.0 Å². The number of nitrogens with zero attached hydrogens (tertiary/aromatic N) is 3. The van der Waals surface area contributed by atoms with Crippen molar-refractivity contribution in [1.29, 1.82) is 0 Å². The Morgan fingerprint density at radius 3 is 2.24 bits per heavy atom. The Morgan fingerprint density at radius 1 is 0.778 bits per heavy atom. The molecular formula is C35H36N4O4S2. The molecule has 1 aromatic heterocycles. The summed E-state index contributed by atoms with van der Waals surface area (Å²) in [6, 6.07) is 24.4. The van der Waals surface area contributed by atoms with Gasteiger partial charge in [-0.1, -0.05) is 54.6 Å². The molecule has 1 N–H and O–H groups in total. The zero-order valence-electron chi connectivity index (χ0n) is 25.1. The number of hydrogen-bond donors (Lipinski definition) is 1.